The molecule has 5 nitrogen and oxygen atoms in total. The van der Waals surface area contributed by atoms with Gasteiger partial charge < -0.3 is 5.32 Å². The highest BCUT2D eigenvalue weighted by atomic mass is 32.2. The monoisotopic (exact) mass is 236 g/mol. The molecule has 16 heavy (non-hydrogen) atoms. The Bertz CT molecular complexity index is 464. The van der Waals surface area contributed by atoms with Gasteiger partial charge in [-0.15, -0.1) is 0 Å². The third kappa shape index (κ3) is 2.19. The fraction of sp³-hybridized carbons (Fsp3) is 0.500. The molecule has 1 atom stereocenters. The minimum absolute atomic E-state index is 0.265. The van der Waals surface area contributed by atoms with Crippen LogP contribution in [0.5, 0.6) is 0 Å². The summed E-state index contributed by atoms with van der Waals surface area (Å²) in [5, 5.41) is 12.4. The molecule has 1 heterocycles. The minimum Gasteiger partial charge on any atom is -0.366 e. The summed E-state index contributed by atoms with van der Waals surface area (Å²) < 4.78 is 11.2. The maximum absolute atomic E-state index is 11.2. The zero-order valence-electron chi connectivity index (χ0n) is 8.93. The molecule has 1 saturated carbocycles. The summed E-state index contributed by atoms with van der Waals surface area (Å²) in [6.45, 7) is 0. The van der Waals surface area contributed by atoms with E-state index in [2.05, 4.69) is 15.3 Å². The first-order chi connectivity index (χ1) is 7.70. The van der Waals surface area contributed by atoms with Crippen molar-refractivity contribution < 1.29 is 4.21 Å². The zero-order chi connectivity index (χ0) is 11.5. The topological polar surface area (TPSA) is 78.7 Å². The van der Waals surface area contributed by atoms with E-state index in [0.29, 0.717) is 17.4 Å². The Morgan fingerprint density at radius 3 is 2.88 bits per heavy atom. The maximum atomic E-state index is 11.2. The lowest BCUT2D eigenvalue weighted by atomic mass is 9.93. The second-order valence-electron chi connectivity index (χ2n) is 3.75. The van der Waals surface area contributed by atoms with Crippen molar-refractivity contribution in [2.24, 2.45) is 0 Å². The molecular formula is C10H12N4OS. The summed E-state index contributed by atoms with van der Waals surface area (Å²) in [7, 11) is -1.22. The molecule has 84 valence electrons. The van der Waals surface area contributed by atoms with E-state index < -0.39 is 10.8 Å². The van der Waals surface area contributed by atoms with Crippen LogP contribution in [0.3, 0.4) is 0 Å². The Morgan fingerprint density at radius 2 is 2.38 bits per heavy atom. The zero-order valence-corrected chi connectivity index (χ0v) is 9.75. The van der Waals surface area contributed by atoms with E-state index in [9.17, 15) is 4.21 Å². The number of rotatable bonds is 3. The van der Waals surface area contributed by atoms with Gasteiger partial charge in [0, 0.05) is 12.3 Å². The third-order valence-corrected chi connectivity index (χ3v) is 3.30. The lowest BCUT2D eigenvalue weighted by Crippen LogP contribution is -2.28. The molecule has 0 amide bonds. The predicted octanol–water partition coefficient (Wildman–Crippen LogP) is 1.05. The summed E-state index contributed by atoms with van der Waals surface area (Å²) in [4.78, 5) is 8.01. The van der Waals surface area contributed by atoms with E-state index in [1.165, 1.54) is 18.9 Å². The third-order valence-electron chi connectivity index (χ3n) is 2.59. The van der Waals surface area contributed by atoms with E-state index in [0.717, 1.165) is 12.8 Å². The molecule has 1 fully saturated rings. The Hall–Kier alpha value is -1.48. The standard InChI is InChI=1S/C10H12N4OS/c1-16(15)10-12-6-7(5-11)9(14-10)13-8-3-2-4-8/h6,8H,2-4H2,1H3,(H,12,13,14)/t16-/m0/s1. The van der Waals surface area contributed by atoms with Crippen molar-refractivity contribution in [1.29, 1.82) is 5.26 Å². The van der Waals surface area contributed by atoms with Gasteiger partial charge in [0.2, 0.25) is 5.16 Å². The van der Waals surface area contributed by atoms with E-state index in [1.54, 1.807) is 0 Å². The predicted molar refractivity (Wildman–Crippen MR) is 60.3 cm³/mol. The summed E-state index contributed by atoms with van der Waals surface area (Å²) in [5.74, 6) is 0.507. The average molecular weight is 236 g/mol. The van der Waals surface area contributed by atoms with Crippen molar-refractivity contribution in [3.63, 3.8) is 0 Å². The summed E-state index contributed by atoms with van der Waals surface area (Å²) in [6.07, 6.45) is 6.34. The number of aromatic nitrogens is 2. The van der Waals surface area contributed by atoms with Gasteiger partial charge in [-0.05, 0) is 19.3 Å². The summed E-state index contributed by atoms with van der Waals surface area (Å²) >= 11 is 0. The second kappa shape index (κ2) is 4.58. The highest BCUT2D eigenvalue weighted by Gasteiger charge is 2.19. The van der Waals surface area contributed by atoms with Gasteiger partial charge in [0.05, 0.1) is 17.0 Å². The van der Waals surface area contributed by atoms with Crippen LogP contribution in [0.4, 0.5) is 5.82 Å². The van der Waals surface area contributed by atoms with E-state index in [1.807, 2.05) is 6.07 Å². The van der Waals surface area contributed by atoms with Crippen molar-refractivity contribution in [3.8, 4) is 6.07 Å². The van der Waals surface area contributed by atoms with Crippen LogP contribution in [-0.4, -0.2) is 26.5 Å². The average Bonchev–Trinajstić information content (AvgIpc) is 2.23. The Labute approximate surface area is 96.4 Å². The van der Waals surface area contributed by atoms with Crippen LogP contribution in [-0.2, 0) is 10.8 Å². The number of hydrogen-bond acceptors (Lipinski definition) is 5. The van der Waals surface area contributed by atoms with Crippen molar-refractivity contribution in [3.05, 3.63) is 11.8 Å². The van der Waals surface area contributed by atoms with Crippen LogP contribution in [0.15, 0.2) is 11.4 Å². The molecule has 1 aliphatic rings. The van der Waals surface area contributed by atoms with E-state index in [4.69, 9.17) is 5.26 Å². The molecule has 0 bridgehead atoms. The van der Waals surface area contributed by atoms with Gasteiger partial charge in [-0.3, -0.25) is 4.21 Å². The van der Waals surface area contributed by atoms with Gasteiger partial charge in [0.1, 0.15) is 17.5 Å². The Kier molecular flexibility index (Phi) is 3.15. The minimum atomic E-state index is -1.22. The molecule has 0 spiro atoms. The number of hydrogen-bond donors (Lipinski definition) is 1. The van der Waals surface area contributed by atoms with Gasteiger partial charge in [-0.2, -0.15) is 5.26 Å². The fourth-order valence-corrected chi connectivity index (χ4v) is 1.86. The summed E-state index contributed by atoms with van der Waals surface area (Å²) in [6, 6.07) is 2.42. The molecule has 0 aliphatic heterocycles. The second-order valence-corrected chi connectivity index (χ2v) is 5.03. The number of nitriles is 1. The van der Waals surface area contributed by atoms with Crippen molar-refractivity contribution in [2.45, 2.75) is 30.5 Å². The molecule has 2 rings (SSSR count). The number of nitrogens with zero attached hydrogens (tertiary/aromatic N) is 3. The summed E-state index contributed by atoms with van der Waals surface area (Å²) in [5.41, 5.74) is 0.404. The van der Waals surface area contributed by atoms with Gasteiger partial charge in [-0.1, -0.05) is 0 Å². The molecule has 1 aromatic heterocycles. The highest BCUT2D eigenvalue weighted by Crippen LogP contribution is 2.23. The smallest absolute Gasteiger partial charge is 0.220 e. The van der Waals surface area contributed by atoms with Gasteiger partial charge in [0.15, 0.2) is 0 Å². The number of anilines is 1. The SMILES string of the molecule is C[S@](=O)c1ncc(C#N)c(NC2CCC2)n1. The largest absolute Gasteiger partial charge is 0.366 e. The molecule has 0 radical (unpaired) electrons. The first kappa shape index (κ1) is 11.0. The van der Waals surface area contributed by atoms with Crippen molar-refractivity contribution in [1.82, 2.24) is 9.97 Å². The van der Waals surface area contributed by atoms with Crippen LogP contribution >= 0.6 is 0 Å². The lowest BCUT2D eigenvalue weighted by molar-refractivity contribution is 0.444. The van der Waals surface area contributed by atoms with Crippen molar-refractivity contribution >= 4 is 16.6 Å². The van der Waals surface area contributed by atoms with Crippen LogP contribution in [0.25, 0.3) is 0 Å². The van der Waals surface area contributed by atoms with Crippen LogP contribution in [0.1, 0.15) is 24.8 Å². The maximum Gasteiger partial charge on any atom is 0.220 e. The first-order valence-electron chi connectivity index (χ1n) is 5.08. The number of nitrogens with one attached hydrogen (secondary N) is 1. The quantitative estimate of drug-likeness (QED) is 0.793. The molecule has 0 saturated heterocycles. The Balaban J connectivity index is 2.27. The molecule has 0 unspecified atom stereocenters. The molecule has 6 heteroatoms. The molecule has 0 aromatic carbocycles. The van der Waals surface area contributed by atoms with Crippen LogP contribution < -0.4 is 5.32 Å². The van der Waals surface area contributed by atoms with E-state index >= 15 is 0 Å². The van der Waals surface area contributed by atoms with E-state index in [-0.39, 0.29) is 5.16 Å². The van der Waals surface area contributed by atoms with Crippen LogP contribution in [0.2, 0.25) is 0 Å². The lowest BCUT2D eigenvalue weighted by Gasteiger charge is -2.27. The molecule has 1 aromatic rings. The van der Waals surface area contributed by atoms with Crippen LogP contribution in [0, 0.1) is 11.3 Å². The van der Waals surface area contributed by atoms with Gasteiger partial charge >= 0.3 is 0 Å². The first-order valence-corrected chi connectivity index (χ1v) is 6.63. The van der Waals surface area contributed by atoms with Crippen molar-refractivity contribution in [2.75, 3.05) is 11.6 Å². The molecule has 1 N–H and O–H groups in total. The van der Waals surface area contributed by atoms with Gasteiger partial charge in [0.25, 0.3) is 0 Å². The molecular weight excluding hydrogens is 224 g/mol. The molecule has 1 aliphatic carbocycles. The highest BCUT2D eigenvalue weighted by molar-refractivity contribution is 7.84. The normalized spacial score (nSPS) is 17.2. The Morgan fingerprint density at radius 1 is 1.62 bits per heavy atom. The van der Waals surface area contributed by atoms with Gasteiger partial charge in [-0.25, -0.2) is 9.97 Å². The fourth-order valence-electron chi connectivity index (χ4n) is 1.44.